The Hall–Kier alpha value is -0.840. The van der Waals surface area contributed by atoms with E-state index in [4.69, 9.17) is 9.15 Å². The summed E-state index contributed by atoms with van der Waals surface area (Å²) in [5, 5.41) is 0.897. The van der Waals surface area contributed by atoms with Crippen LogP contribution in [-0.4, -0.2) is 36.9 Å². The lowest BCUT2D eigenvalue weighted by Gasteiger charge is -2.19. The lowest BCUT2D eigenvalue weighted by molar-refractivity contribution is 0.103. The number of hydrogen-bond acceptors (Lipinski definition) is 4. The Balaban J connectivity index is 0.00000385. The molecule has 0 aliphatic rings. The highest BCUT2D eigenvalue weighted by atomic mass is 127. The average Bonchev–Trinajstić information content (AvgIpc) is 3.16. The third-order valence-electron chi connectivity index (χ3n) is 5.71. The molecule has 0 fully saturated rings. The molecule has 0 N–H and O–H groups in total. The van der Waals surface area contributed by atoms with Gasteiger partial charge in [0, 0.05) is 23.9 Å². The van der Waals surface area contributed by atoms with E-state index in [1.165, 1.54) is 0 Å². The maximum absolute atomic E-state index is 13.7. The Morgan fingerprint density at radius 3 is 2.33 bits per heavy atom. The molecule has 33 heavy (non-hydrogen) atoms. The van der Waals surface area contributed by atoms with Crippen molar-refractivity contribution >= 4 is 74.3 Å². The summed E-state index contributed by atoms with van der Waals surface area (Å²) in [6.45, 7) is 10.1. The van der Waals surface area contributed by atoms with Crippen LogP contribution in [0.5, 0.6) is 5.75 Å². The topological polar surface area (TPSA) is 42.7 Å². The third-order valence-corrected chi connectivity index (χ3v) is 7.31. The second-order valence-electron chi connectivity index (χ2n) is 7.83. The first-order valence-electron chi connectivity index (χ1n) is 11.4. The van der Waals surface area contributed by atoms with Gasteiger partial charge in [0.25, 0.3) is 0 Å². The molecule has 3 aromatic rings. The highest BCUT2D eigenvalue weighted by Gasteiger charge is 2.23. The zero-order valence-corrected chi connectivity index (χ0v) is 24.6. The number of unbranched alkanes of at least 4 members (excludes halogenated alkanes) is 2. The molecule has 0 aliphatic heterocycles. The predicted molar refractivity (Wildman–Crippen MR) is 155 cm³/mol. The highest BCUT2D eigenvalue weighted by Crippen LogP contribution is 2.33. The highest BCUT2D eigenvalue weighted by molar-refractivity contribution is 14.1. The molecule has 4 nitrogen and oxygen atoms in total. The third kappa shape index (κ3) is 7.08. The number of ketones is 1. The van der Waals surface area contributed by atoms with Crippen LogP contribution in [0.2, 0.25) is 0 Å². The fourth-order valence-corrected chi connectivity index (χ4v) is 5.93. The van der Waals surface area contributed by atoms with Crippen molar-refractivity contribution in [3.05, 3.63) is 60.4 Å². The van der Waals surface area contributed by atoms with E-state index >= 15 is 0 Å². The van der Waals surface area contributed by atoms with Crippen molar-refractivity contribution in [2.75, 3.05) is 26.2 Å². The van der Waals surface area contributed by atoms with Crippen LogP contribution in [0.15, 0.2) is 40.8 Å². The monoisotopic (exact) mass is 695 g/mol. The summed E-state index contributed by atoms with van der Waals surface area (Å²) >= 11 is 4.55. The van der Waals surface area contributed by atoms with E-state index in [0.717, 1.165) is 74.9 Å². The van der Waals surface area contributed by atoms with Crippen LogP contribution in [0.4, 0.5) is 0 Å². The molecule has 7 heteroatoms. The normalized spacial score (nSPS) is 11.1. The molecule has 3 rings (SSSR count). The van der Waals surface area contributed by atoms with Crippen LogP contribution in [0.3, 0.4) is 0 Å². The van der Waals surface area contributed by atoms with E-state index in [2.05, 4.69) is 70.9 Å². The van der Waals surface area contributed by atoms with Crippen molar-refractivity contribution in [1.82, 2.24) is 4.90 Å². The van der Waals surface area contributed by atoms with Crippen molar-refractivity contribution in [1.29, 1.82) is 0 Å². The summed E-state index contributed by atoms with van der Waals surface area (Å²) in [6, 6.07) is 11.7. The van der Waals surface area contributed by atoms with Gasteiger partial charge in [-0.1, -0.05) is 51.8 Å². The number of aryl methyl sites for hydroxylation is 1. The van der Waals surface area contributed by atoms with Gasteiger partial charge in [0.2, 0.25) is 0 Å². The number of carbonyl (C=O) groups is 1. The summed E-state index contributed by atoms with van der Waals surface area (Å²) < 4.78 is 14.1. The van der Waals surface area contributed by atoms with E-state index in [1.54, 1.807) is 0 Å². The first kappa shape index (κ1) is 28.4. The number of para-hydroxylation sites is 1. The fraction of sp³-hybridized carbons (Fsp3) is 0.423. The van der Waals surface area contributed by atoms with Crippen molar-refractivity contribution in [3.8, 4) is 5.75 Å². The van der Waals surface area contributed by atoms with Gasteiger partial charge in [0.15, 0.2) is 5.78 Å². The van der Waals surface area contributed by atoms with Gasteiger partial charge in [-0.3, -0.25) is 4.79 Å². The maximum atomic E-state index is 13.7. The Morgan fingerprint density at radius 1 is 1.03 bits per heavy atom. The summed E-state index contributed by atoms with van der Waals surface area (Å²) in [5.74, 6) is 1.68. The Kier molecular flexibility index (Phi) is 12.0. The molecule has 0 aliphatic carbocycles. The van der Waals surface area contributed by atoms with Gasteiger partial charge >= 0.3 is 0 Å². The van der Waals surface area contributed by atoms with Crippen LogP contribution in [-0.2, 0) is 6.42 Å². The number of fused-ring (bicyclic) bond motifs is 1. The first-order chi connectivity index (χ1) is 15.5. The van der Waals surface area contributed by atoms with Gasteiger partial charge in [-0.15, -0.1) is 12.4 Å². The Labute approximate surface area is 230 Å². The smallest absolute Gasteiger partial charge is 0.197 e. The second kappa shape index (κ2) is 13.9. The molecule has 1 aromatic heterocycles. The minimum atomic E-state index is 0. The minimum Gasteiger partial charge on any atom is -0.490 e. The van der Waals surface area contributed by atoms with Gasteiger partial charge in [0.05, 0.1) is 12.7 Å². The van der Waals surface area contributed by atoms with E-state index in [1.807, 2.05) is 36.4 Å². The number of halogens is 3. The van der Waals surface area contributed by atoms with Gasteiger partial charge in [-0.25, -0.2) is 0 Å². The van der Waals surface area contributed by atoms with Crippen LogP contribution >= 0.6 is 57.6 Å². The lowest BCUT2D eigenvalue weighted by Crippen LogP contribution is -2.28. The molecule has 0 saturated carbocycles. The second-order valence-corrected chi connectivity index (χ2v) is 10.2. The molecule has 0 amide bonds. The quantitative estimate of drug-likeness (QED) is 0.111. The van der Waals surface area contributed by atoms with E-state index in [0.29, 0.717) is 17.7 Å². The first-order valence-corrected chi connectivity index (χ1v) is 13.5. The summed E-state index contributed by atoms with van der Waals surface area (Å²) in [7, 11) is 0. The van der Waals surface area contributed by atoms with Crippen LogP contribution in [0.25, 0.3) is 11.0 Å². The summed E-state index contributed by atoms with van der Waals surface area (Å²) in [4.78, 5) is 16.0. The predicted octanol–water partition coefficient (Wildman–Crippen LogP) is 7.75. The number of ether oxygens (including phenoxy) is 1. The van der Waals surface area contributed by atoms with Crippen molar-refractivity contribution in [2.45, 2.75) is 46.5 Å². The van der Waals surface area contributed by atoms with E-state index in [9.17, 15) is 4.79 Å². The molecule has 0 atom stereocenters. The van der Waals surface area contributed by atoms with Crippen LogP contribution in [0, 0.1) is 7.14 Å². The summed E-state index contributed by atoms with van der Waals surface area (Å²) in [5.41, 5.74) is 2.17. The Morgan fingerprint density at radius 2 is 1.70 bits per heavy atom. The molecule has 0 spiro atoms. The van der Waals surface area contributed by atoms with Crippen molar-refractivity contribution in [2.24, 2.45) is 0 Å². The zero-order valence-electron chi connectivity index (χ0n) is 19.5. The summed E-state index contributed by atoms with van der Waals surface area (Å²) in [6.07, 6.45) is 4.06. The standard InChI is InChI=1S/C26H31I2NO3.ClH/c1-4-7-8-13-23-24(19-11-9-10-12-22(19)32-23)25(30)18-16-20(27)26(21(28)17-18)31-15-14-29(5-2)6-3;/h9-12,16-17H,4-8,13-15H2,1-3H3;1H. The van der Waals surface area contributed by atoms with Gasteiger partial charge in [-0.2, -0.15) is 0 Å². The maximum Gasteiger partial charge on any atom is 0.197 e. The molecule has 2 aromatic carbocycles. The van der Waals surface area contributed by atoms with Crippen LogP contribution < -0.4 is 4.74 Å². The number of carbonyl (C=O) groups excluding carboxylic acids is 1. The van der Waals surface area contributed by atoms with E-state index in [-0.39, 0.29) is 18.2 Å². The molecule has 0 saturated heterocycles. The van der Waals surface area contributed by atoms with Crippen molar-refractivity contribution in [3.63, 3.8) is 0 Å². The number of rotatable bonds is 12. The molecular formula is C26H32ClI2NO3. The molecule has 0 radical (unpaired) electrons. The lowest BCUT2D eigenvalue weighted by atomic mass is 9.98. The fourth-order valence-electron chi connectivity index (χ4n) is 3.85. The Bertz CT molecular complexity index is 1040. The van der Waals surface area contributed by atoms with Crippen LogP contribution in [0.1, 0.15) is 61.7 Å². The van der Waals surface area contributed by atoms with E-state index < -0.39 is 0 Å². The molecule has 1 heterocycles. The van der Waals surface area contributed by atoms with Gasteiger partial charge in [-0.05, 0) is 82.9 Å². The van der Waals surface area contributed by atoms with Gasteiger partial charge < -0.3 is 14.1 Å². The number of nitrogens with zero attached hydrogens (tertiary/aromatic N) is 1. The average molecular weight is 696 g/mol. The molecule has 0 unspecified atom stereocenters. The number of furan rings is 1. The van der Waals surface area contributed by atoms with Gasteiger partial charge in [0.1, 0.15) is 23.7 Å². The zero-order chi connectivity index (χ0) is 23.1. The largest absolute Gasteiger partial charge is 0.490 e. The molecular weight excluding hydrogens is 664 g/mol. The molecule has 180 valence electrons. The minimum absolute atomic E-state index is 0. The SMILES string of the molecule is CCCCCc1oc2ccccc2c1C(=O)c1cc(I)c(OCCN(CC)CC)c(I)c1.Cl. The number of hydrogen-bond donors (Lipinski definition) is 0. The van der Waals surface area contributed by atoms with Crippen molar-refractivity contribution < 1.29 is 13.9 Å². The number of likely N-dealkylation sites (N-methyl/N-ethyl adjacent to an activating group) is 1. The molecule has 0 bridgehead atoms. The number of benzene rings is 2.